The number of nitrogens with one attached hydrogen (secondary N) is 2. The number of halogens is 1. The van der Waals surface area contributed by atoms with Crippen LogP contribution in [-0.4, -0.2) is 21.0 Å². The van der Waals surface area contributed by atoms with Crippen LogP contribution in [-0.2, 0) is 10.0 Å². The minimum Gasteiger partial charge on any atom is -0.337 e. The Morgan fingerprint density at radius 3 is 2.56 bits per heavy atom. The number of carbonyl (C=O) groups excluding carboxylic acids is 1. The van der Waals surface area contributed by atoms with Gasteiger partial charge in [-0.2, -0.15) is 0 Å². The average Bonchev–Trinajstić information content (AvgIpc) is 3.15. The first-order chi connectivity index (χ1) is 11.8. The summed E-state index contributed by atoms with van der Waals surface area (Å²) in [6.07, 6.45) is 6.64. The van der Waals surface area contributed by atoms with E-state index < -0.39 is 16.1 Å². The van der Waals surface area contributed by atoms with Crippen LogP contribution in [0.5, 0.6) is 0 Å². The monoisotopic (exact) mass is 380 g/mol. The lowest BCUT2D eigenvalue weighted by Crippen LogP contribution is -2.41. The SMILES string of the molecule is C/C(=C\S(=O)(=O)NC(=O)NCC1CC2C=CC1C2)c1ccc(Cl)cc1. The zero-order valence-electron chi connectivity index (χ0n) is 13.9. The molecule has 0 heterocycles. The molecular formula is C18H21ClN2O3S. The molecular weight excluding hydrogens is 360 g/mol. The molecule has 3 unspecified atom stereocenters. The molecule has 1 saturated carbocycles. The van der Waals surface area contributed by atoms with E-state index in [1.54, 1.807) is 31.2 Å². The van der Waals surface area contributed by atoms with Crippen molar-refractivity contribution < 1.29 is 13.2 Å². The maximum atomic E-state index is 12.1. The fraction of sp³-hybridized carbons (Fsp3) is 0.389. The predicted molar refractivity (Wildman–Crippen MR) is 99.4 cm³/mol. The van der Waals surface area contributed by atoms with Gasteiger partial charge in [0.05, 0.1) is 5.41 Å². The molecule has 0 aliphatic heterocycles. The zero-order valence-corrected chi connectivity index (χ0v) is 15.5. The molecule has 1 aromatic rings. The molecule has 2 aliphatic carbocycles. The first-order valence-electron chi connectivity index (χ1n) is 8.25. The Labute approximate surface area is 153 Å². The van der Waals surface area contributed by atoms with Gasteiger partial charge < -0.3 is 5.32 Å². The quantitative estimate of drug-likeness (QED) is 0.767. The molecule has 2 aliphatic rings. The van der Waals surface area contributed by atoms with Crippen molar-refractivity contribution in [3.63, 3.8) is 0 Å². The smallest absolute Gasteiger partial charge is 0.328 e. The van der Waals surface area contributed by atoms with Crippen LogP contribution >= 0.6 is 11.6 Å². The Balaban J connectivity index is 1.55. The molecule has 0 saturated heterocycles. The van der Waals surface area contributed by atoms with Crippen molar-refractivity contribution in [2.45, 2.75) is 19.8 Å². The summed E-state index contributed by atoms with van der Waals surface area (Å²) in [5, 5.41) is 4.30. The molecule has 0 spiro atoms. The summed E-state index contributed by atoms with van der Waals surface area (Å²) in [5.41, 5.74) is 1.25. The van der Waals surface area contributed by atoms with Gasteiger partial charge in [-0.1, -0.05) is 35.9 Å². The van der Waals surface area contributed by atoms with Gasteiger partial charge in [-0.15, -0.1) is 0 Å². The van der Waals surface area contributed by atoms with Gasteiger partial charge in [-0.05, 0) is 60.8 Å². The number of sulfonamides is 1. The molecule has 25 heavy (non-hydrogen) atoms. The Morgan fingerprint density at radius 2 is 1.96 bits per heavy atom. The second-order valence-corrected chi connectivity index (χ2v) is 8.67. The second-order valence-electron chi connectivity index (χ2n) is 6.71. The fourth-order valence-corrected chi connectivity index (χ4v) is 4.68. The molecule has 2 bridgehead atoms. The summed E-state index contributed by atoms with van der Waals surface area (Å²) < 4.78 is 26.3. The summed E-state index contributed by atoms with van der Waals surface area (Å²) in [6, 6.07) is 6.14. The van der Waals surface area contributed by atoms with E-state index in [1.165, 1.54) is 0 Å². The summed E-state index contributed by atoms with van der Waals surface area (Å²) in [5.74, 6) is 1.53. The molecule has 5 nitrogen and oxygen atoms in total. The van der Waals surface area contributed by atoms with Gasteiger partial charge in [0, 0.05) is 11.6 Å². The average molecular weight is 381 g/mol. The molecule has 134 valence electrons. The molecule has 1 aromatic carbocycles. The summed E-state index contributed by atoms with van der Waals surface area (Å²) in [7, 11) is -3.87. The number of carbonyl (C=O) groups is 1. The van der Waals surface area contributed by atoms with Crippen LogP contribution in [0.15, 0.2) is 41.8 Å². The maximum Gasteiger partial charge on any atom is 0.328 e. The van der Waals surface area contributed by atoms with Crippen LogP contribution in [0.3, 0.4) is 0 Å². The zero-order chi connectivity index (χ0) is 18.0. The number of allylic oxidation sites excluding steroid dienone is 3. The third-order valence-corrected chi connectivity index (χ3v) is 6.19. The van der Waals surface area contributed by atoms with Crippen LogP contribution in [0.2, 0.25) is 5.02 Å². The molecule has 3 rings (SSSR count). The van der Waals surface area contributed by atoms with Crippen LogP contribution < -0.4 is 10.0 Å². The number of amides is 2. The Kier molecular flexibility index (Phi) is 5.20. The normalized spacial score (nSPS) is 25.2. The van der Waals surface area contributed by atoms with Crippen molar-refractivity contribution in [2.24, 2.45) is 17.8 Å². The fourth-order valence-electron chi connectivity index (χ4n) is 3.56. The van der Waals surface area contributed by atoms with E-state index in [4.69, 9.17) is 11.6 Å². The third-order valence-electron chi connectivity index (χ3n) is 4.81. The van der Waals surface area contributed by atoms with Crippen LogP contribution in [0.25, 0.3) is 5.57 Å². The number of benzene rings is 1. The minimum absolute atomic E-state index is 0.398. The van der Waals surface area contributed by atoms with E-state index in [0.29, 0.717) is 34.9 Å². The highest BCUT2D eigenvalue weighted by Crippen LogP contribution is 2.42. The lowest BCUT2D eigenvalue weighted by Gasteiger charge is -2.18. The van der Waals surface area contributed by atoms with Crippen molar-refractivity contribution in [2.75, 3.05) is 6.54 Å². The van der Waals surface area contributed by atoms with Gasteiger partial charge in [0.15, 0.2) is 0 Å². The lowest BCUT2D eigenvalue weighted by molar-refractivity contribution is 0.243. The van der Waals surface area contributed by atoms with Crippen molar-refractivity contribution in [3.8, 4) is 0 Å². The standard InChI is InChI=1S/C18H21ClN2O3S/c1-12(14-4-6-17(19)7-5-14)11-25(23,24)21-18(22)20-10-16-9-13-2-3-15(16)8-13/h2-7,11,13,15-16H,8-10H2,1H3,(H2,20,21,22)/b12-11+. The van der Waals surface area contributed by atoms with Crippen LogP contribution in [0.1, 0.15) is 25.3 Å². The third kappa shape index (κ3) is 4.64. The highest BCUT2D eigenvalue weighted by molar-refractivity contribution is 7.93. The van der Waals surface area contributed by atoms with E-state index in [2.05, 4.69) is 17.5 Å². The van der Waals surface area contributed by atoms with E-state index in [9.17, 15) is 13.2 Å². The molecule has 1 fully saturated rings. The largest absolute Gasteiger partial charge is 0.337 e. The summed E-state index contributed by atoms with van der Waals surface area (Å²) >= 11 is 5.82. The maximum absolute atomic E-state index is 12.1. The number of urea groups is 1. The van der Waals surface area contributed by atoms with Crippen LogP contribution in [0.4, 0.5) is 4.79 Å². The van der Waals surface area contributed by atoms with E-state index >= 15 is 0 Å². The Hall–Kier alpha value is -1.79. The minimum atomic E-state index is -3.87. The number of rotatable bonds is 5. The van der Waals surface area contributed by atoms with Gasteiger partial charge in [-0.3, -0.25) is 0 Å². The van der Waals surface area contributed by atoms with Crippen molar-refractivity contribution in [3.05, 3.63) is 52.4 Å². The van der Waals surface area contributed by atoms with Crippen molar-refractivity contribution in [1.82, 2.24) is 10.0 Å². The lowest BCUT2D eigenvalue weighted by atomic mass is 9.94. The molecule has 3 atom stereocenters. The molecule has 0 aromatic heterocycles. The first kappa shape index (κ1) is 18.0. The topological polar surface area (TPSA) is 75.3 Å². The number of fused-ring (bicyclic) bond motifs is 2. The Bertz CT molecular complexity index is 815. The molecule has 0 radical (unpaired) electrons. The molecule has 2 amide bonds. The van der Waals surface area contributed by atoms with Gasteiger partial charge in [-0.25, -0.2) is 17.9 Å². The highest BCUT2D eigenvalue weighted by Gasteiger charge is 2.35. The van der Waals surface area contributed by atoms with E-state index in [1.807, 2.05) is 4.72 Å². The molecule has 7 heteroatoms. The number of hydrogen-bond donors (Lipinski definition) is 2. The van der Waals surface area contributed by atoms with Gasteiger partial charge >= 0.3 is 6.03 Å². The number of hydrogen-bond acceptors (Lipinski definition) is 3. The predicted octanol–water partition coefficient (Wildman–Crippen LogP) is 3.54. The highest BCUT2D eigenvalue weighted by atomic mass is 35.5. The summed E-state index contributed by atoms with van der Waals surface area (Å²) in [6.45, 7) is 2.16. The van der Waals surface area contributed by atoms with Crippen molar-refractivity contribution in [1.29, 1.82) is 0 Å². The van der Waals surface area contributed by atoms with Gasteiger partial charge in [0.2, 0.25) is 0 Å². The summed E-state index contributed by atoms with van der Waals surface area (Å²) in [4.78, 5) is 11.9. The second kappa shape index (κ2) is 7.22. The van der Waals surface area contributed by atoms with E-state index in [0.717, 1.165) is 23.8 Å². The Morgan fingerprint density at radius 1 is 1.24 bits per heavy atom. The van der Waals surface area contributed by atoms with Crippen LogP contribution in [0, 0.1) is 17.8 Å². The first-order valence-corrected chi connectivity index (χ1v) is 10.2. The van der Waals surface area contributed by atoms with E-state index in [-0.39, 0.29) is 0 Å². The van der Waals surface area contributed by atoms with Gasteiger partial charge in [0.1, 0.15) is 0 Å². The molecule has 2 N–H and O–H groups in total. The van der Waals surface area contributed by atoms with Gasteiger partial charge in [0.25, 0.3) is 10.0 Å². The van der Waals surface area contributed by atoms with Crippen molar-refractivity contribution >= 4 is 33.2 Å².